The molecule has 0 amide bonds. The molecule has 106 valence electrons. The average molecular weight is 298 g/mol. The van der Waals surface area contributed by atoms with Crippen LogP contribution in [-0.4, -0.2) is 17.1 Å². The Labute approximate surface area is 126 Å². The van der Waals surface area contributed by atoms with Gasteiger partial charge in [0, 0.05) is 10.3 Å². The molecule has 3 rings (SSSR count). The zero-order valence-electron chi connectivity index (χ0n) is 11.4. The molecule has 0 aliphatic rings. The fourth-order valence-electron chi connectivity index (χ4n) is 1.97. The molecule has 0 radical (unpaired) electrons. The first kappa shape index (κ1) is 13.7. The minimum Gasteiger partial charge on any atom is -0.497 e. The molecule has 5 nitrogen and oxygen atoms in total. The lowest BCUT2D eigenvalue weighted by Crippen LogP contribution is -2.10. The number of anilines is 1. The Kier molecular flexibility index (Phi) is 3.89. The van der Waals surface area contributed by atoms with E-state index < -0.39 is 0 Å². The van der Waals surface area contributed by atoms with Crippen LogP contribution in [0.25, 0.3) is 10.9 Å². The molecule has 3 aromatic rings. The number of ether oxygens (including phenoxy) is 1. The number of nitrogen functional groups attached to an aromatic ring is 1. The van der Waals surface area contributed by atoms with E-state index in [2.05, 4.69) is 15.4 Å². The van der Waals surface area contributed by atoms with E-state index in [4.69, 9.17) is 10.6 Å². The van der Waals surface area contributed by atoms with Crippen molar-refractivity contribution < 1.29 is 4.74 Å². The summed E-state index contributed by atoms with van der Waals surface area (Å²) in [6.45, 7) is 0. The van der Waals surface area contributed by atoms with E-state index in [1.54, 1.807) is 18.9 Å². The summed E-state index contributed by atoms with van der Waals surface area (Å²) >= 11 is 1.55. The molecule has 0 unspecified atom stereocenters. The normalized spacial score (nSPS) is 10.6. The highest BCUT2D eigenvalue weighted by atomic mass is 32.2. The van der Waals surface area contributed by atoms with Crippen molar-refractivity contribution in [3.05, 3.63) is 48.5 Å². The van der Waals surface area contributed by atoms with Gasteiger partial charge in [-0.1, -0.05) is 36.0 Å². The van der Waals surface area contributed by atoms with E-state index in [9.17, 15) is 0 Å². The van der Waals surface area contributed by atoms with Crippen LogP contribution < -0.4 is 16.0 Å². The third-order valence-electron chi connectivity index (χ3n) is 2.95. The molecule has 2 aromatic carbocycles. The molecule has 6 heteroatoms. The second-order valence-electron chi connectivity index (χ2n) is 4.29. The van der Waals surface area contributed by atoms with Gasteiger partial charge >= 0.3 is 0 Å². The van der Waals surface area contributed by atoms with E-state index >= 15 is 0 Å². The molecule has 0 atom stereocenters. The number of hydrogen-bond donors (Lipinski definition) is 2. The van der Waals surface area contributed by atoms with Crippen LogP contribution in [0.3, 0.4) is 0 Å². The predicted molar refractivity (Wildman–Crippen MR) is 84.5 cm³/mol. The highest BCUT2D eigenvalue weighted by Gasteiger charge is 2.09. The van der Waals surface area contributed by atoms with E-state index in [0.29, 0.717) is 5.95 Å². The molecular weight excluding hydrogens is 284 g/mol. The molecule has 0 spiro atoms. The van der Waals surface area contributed by atoms with Crippen LogP contribution >= 0.6 is 11.8 Å². The number of nitrogens with one attached hydrogen (secondary N) is 1. The topological polar surface area (TPSA) is 73.1 Å². The van der Waals surface area contributed by atoms with Crippen molar-refractivity contribution in [3.63, 3.8) is 0 Å². The number of benzene rings is 2. The monoisotopic (exact) mass is 298 g/mol. The van der Waals surface area contributed by atoms with Crippen LogP contribution in [0.15, 0.2) is 58.5 Å². The van der Waals surface area contributed by atoms with Gasteiger partial charge in [0.2, 0.25) is 5.95 Å². The molecule has 3 N–H and O–H groups in total. The van der Waals surface area contributed by atoms with Gasteiger partial charge in [-0.15, -0.1) is 0 Å². The quantitative estimate of drug-likeness (QED) is 0.438. The molecule has 0 saturated heterocycles. The second-order valence-corrected chi connectivity index (χ2v) is 5.36. The average Bonchev–Trinajstić information content (AvgIpc) is 2.55. The molecule has 0 fully saturated rings. The number of para-hydroxylation sites is 1. The number of fused-ring (bicyclic) bond motifs is 1. The highest BCUT2D eigenvalue weighted by Crippen LogP contribution is 2.33. The minimum absolute atomic E-state index is 0.402. The molecule has 1 aromatic heterocycles. The van der Waals surface area contributed by atoms with Crippen LogP contribution in [0, 0.1) is 0 Å². The lowest BCUT2D eigenvalue weighted by Gasteiger charge is -2.08. The van der Waals surface area contributed by atoms with Gasteiger partial charge in [-0.25, -0.2) is 15.8 Å². The highest BCUT2D eigenvalue weighted by molar-refractivity contribution is 7.99. The van der Waals surface area contributed by atoms with Gasteiger partial charge in [0.1, 0.15) is 10.8 Å². The summed E-state index contributed by atoms with van der Waals surface area (Å²) in [5.41, 5.74) is 3.36. The van der Waals surface area contributed by atoms with Gasteiger partial charge in [0.15, 0.2) is 0 Å². The number of nitrogens with two attached hydrogens (primary N) is 1. The van der Waals surface area contributed by atoms with Gasteiger partial charge in [0.25, 0.3) is 0 Å². The fourth-order valence-corrected chi connectivity index (χ4v) is 2.93. The number of methoxy groups -OCH3 is 1. The van der Waals surface area contributed by atoms with Gasteiger partial charge in [-0.2, -0.15) is 0 Å². The van der Waals surface area contributed by atoms with Gasteiger partial charge in [-0.05, 0) is 24.3 Å². The Morgan fingerprint density at radius 3 is 2.76 bits per heavy atom. The van der Waals surface area contributed by atoms with Crippen LogP contribution in [0.4, 0.5) is 5.95 Å². The van der Waals surface area contributed by atoms with Crippen molar-refractivity contribution in [1.29, 1.82) is 0 Å². The van der Waals surface area contributed by atoms with Crippen LogP contribution in [0.1, 0.15) is 0 Å². The standard InChI is InChI=1S/C15H14N4OS/c1-20-10-5-4-6-11(9-10)21-14-12-7-2-3-8-13(12)17-15(18-14)19-16/h2-9H,16H2,1H3,(H,17,18,19). The van der Waals surface area contributed by atoms with Crippen molar-refractivity contribution in [3.8, 4) is 5.75 Å². The van der Waals surface area contributed by atoms with E-state index in [0.717, 1.165) is 26.6 Å². The number of nitrogens with zero attached hydrogens (tertiary/aromatic N) is 2. The molecule has 0 aliphatic carbocycles. The lowest BCUT2D eigenvalue weighted by atomic mass is 10.2. The van der Waals surface area contributed by atoms with Gasteiger partial charge in [0.05, 0.1) is 12.6 Å². The van der Waals surface area contributed by atoms with Crippen LogP contribution in [0.5, 0.6) is 5.75 Å². The Hall–Kier alpha value is -2.31. The maximum atomic E-state index is 5.44. The Bertz CT molecular complexity index is 778. The van der Waals surface area contributed by atoms with Crippen molar-refractivity contribution in [2.75, 3.05) is 12.5 Å². The van der Waals surface area contributed by atoms with Crippen molar-refractivity contribution >= 4 is 28.6 Å². The number of rotatable bonds is 4. The first-order chi connectivity index (χ1) is 10.3. The third-order valence-corrected chi connectivity index (χ3v) is 3.95. The minimum atomic E-state index is 0.402. The second kappa shape index (κ2) is 5.99. The van der Waals surface area contributed by atoms with E-state index in [-0.39, 0.29) is 0 Å². The van der Waals surface area contributed by atoms with E-state index in [1.165, 1.54) is 0 Å². The summed E-state index contributed by atoms with van der Waals surface area (Å²) < 4.78 is 5.25. The summed E-state index contributed by atoms with van der Waals surface area (Å²) in [6.07, 6.45) is 0. The number of hydrazine groups is 1. The molecule has 21 heavy (non-hydrogen) atoms. The number of hydrogen-bond acceptors (Lipinski definition) is 6. The fraction of sp³-hybridized carbons (Fsp3) is 0.0667. The molecule has 0 bridgehead atoms. The Morgan fingerprint density at radius 2 is 1.95 bits per heavy atom. The molecule has 0 saturated carbocycles. The first-order valence-corrected chi connectivity index (χ1v) is 7.17. The van der Waals surface area contributed by atoms with Crippen molar-refractivity contribution in [1.82, 2.24) is 9.97 Å². The SMILES string of the molecule is COc1cccc(Sc2nc(NN)nc3ccccc23)c1. The smallest absolute Gasteiger partial charge is 0.238 e. The Balaban J connectivity index is 2.06. The van der Waals surface area contributed by atoms with E-state index in [1.807, 2.05) is 48.5 Å². The maximum absolute atomic E-state index is 5.44. The third kappa shape index (κ3) is 2.91. The first-order valence-electron chi connectivity index (χ1n) is 6.35. The van der Waals surface area contributed by atoms with Crippen molar-refractivity contribution in [2.45, 2.75) is 9.92 Å². The zero-order chi connectivity index (χ0) is 14.7. The summed E-state index contributed by atoms with van der Waals surface area (Å²) in [6, 6.07) is 15.7. The Morgan fingerprint density at radius 1 is 1.10 bits per heavy atom. The summed E-state index contributed by atoms with van der Waals surface area (Å²) in [4.78, 5) is 9.83. The van der Waals surface area contributed by atoms with Gasteiger partial charge < -0.3 is 4.74 Å². The molecular formula is C15H14N4OS. The van der Waals surface area contributed by atoms with Crippen LogP contribution in [0.2, 0.25) is 0 Å². The predicted octanol–water partition coefficient (Wildman–Crippen LogP) is 3.08. The zero-order valence-corrected chi connectivity index (χ0v) is 12.2. The van der Waals surface area contributed by atoms with Crippen molar-refractivity contribution in [2.24, 2.45) is 5.84 Å². The molecule has 1 heterocycles. The summed E-state index contributed by atoms with van der Waals surface area (Å²) in [5, 5.41) is 1.84. The van der Waals surface area contributed by atoms with Crippen LogP contribution in [-0.2, 0) is 0 Å². The lowest BCUT2D eigenvalue weighted by molar-refractivity contribution is 0.413. The summed E-state index contributed by atoms with van der Waals surface area (Å²) in [7, 11) is 1.65. The largest absolute Gasteiger partial charge is 0.497 e. The maximum Gasteiger partial charge on any atom is 0.238 e. The summed E-state index contributed by atoms with van der Waals surface area (Å²) in [5.74, 6) is 6.66. The number of aromatic nitrogens is 2. The van der Waals surface area contributed by atoms with Gasteiger partial charge in [-0.3, -0.25) is 5.43 Å². The molecule has 0 aliphatic heterocycles.